The molecule has 4 saturated carbocycles. The molecule has 6 rings (SSSR count). The third-order valence-corrected chi connectivity index (χ3v) is 15.7. The topological polar surface area (TPSA) is 18.5 Å². The molecule has 5 heteroatoms. The zero-order valence-electron chi connectivity index (χ0n) is 32.4. The fourth-order valence-electron chi connectivity index (χ4n) is 9.84. The molecule has 0 spiro atoms. The first-order chi connectivity index (χ1) is 23.1. The second kappa shape index (κ2) is 21.2. The summed E-state index contributed by atoms with van der Waals surface area (Å²) in [6.07, 6.45) is 23.6. The quantitative estimate of drug-likeness (QED) is 0.150. The van der Waals surface area contributed by atoms with Gasteiger partial charge in [0.2, 0.25) is 0 Å². The molecule has 0 aliphatic heterocycles. The monoisotopic (exact) mass is 803 g/mol. The van der Waals surface area contributed by atoms with Gasteiger partial charge in [-0.3, -0.25) is 0 Å². The standard InChI is InChI=1S/C30H43O2P.C13H24.CH3.ClH.Pd/c1-22(2)31-27-19-13-20-28(32-23(3)4)30(27)26-18-11-12-21-29(26)33(24-14-7-5-8-15-24)25-16-9-6-10-17-25;1-13(2,3)12-9-8-10-6-4-5-7-11(10)12;;;/h11-13,18-25H,5-10,14-17H2,1-4H3;10-12H,4-9H2,1-3H3;1H3;1H;/q;;-1;;+2. The third-order valence-electron chi connectivity index (χ3n) is 11.8. The molecule has 2 aromatic rings. The van der Waals surface area contributed by atoms with Crippen LogP contribution in [-0.4, -0.2) is 23.5 Å². The van der Waals surface area contributed by atoms with E-state index in [1.165, 1.54) is 114 Å². The van der Waals surface area contributed by atoms with Crippen molar-refractivity contribution in [2.75, 3.05) is 0 Å². The predicted molar refractivity (Wildman–Crippen MR) is 215 cm³/mol. The first kappa shape index (κ1) is 42.8. The first-order valence-electron chi connectivity index (χ1n) is 19.7. The summed E-state index contributed by atoms with van der Waals surface area (Å²) in [7, 11) is 3.79. The fraction of sp³-hybridized carbons (Fsp3) is 0.705. The summed E-state index contributed by atoms with van der Waals surface area (Å²) in [5.41, 5.74) is 4.91. The van der Waals surface area contributed by atoms with Crippen LogP contribution in [0.4, 0.5) is 0 Å². The summed E-state index contributed by atoms with van der Waals surface area (Å²) in [6.45, 7) is 15.8. The van der Waals surface area contributed by atoms with Crippen molar-refractivity contribution in [3.05, 3.63) is 49.9 Å². The van der Waals surface area contributed by atoms with E-state index in [1.54, 1.807) is 5.30 Å². The van der Waals surface area contributed by atoms with E-state index in [9.17, 15) is 0 Å². The van der Waals surface area contributed by atoms with E-state index in [4.69, 9.17) is 9.47 Å². The van der Waals surface area contributed by atoms with Gasteiger partial charge in [-0.25, -0.2) is 0 Å². The molecule has 0 aromatic heterocycles. The van der Waals surface area contributed by atoms with Crippen LogP contribution in [0.3, 0.4) is 0 Å². The zero-order valence-corrected chi connectivity index (χ0v) is 35.7. The van der Waals surface area contributed by atoms with Crippen LogP contribution in [0.25, 0.3) is 11.1 Å². The SMILES string of the molecule is CC(C)(C)C1CCC2CCCCC21.CC(C)Oc1cccc(OC(C)C)c1-c1ccccc1[PH+](C1CCCCC1)C1CCCCC1.[CH3-].[Cl][Pd+]. The molecular weight excluding hydrogens is 733 g/mol. The van der Waals surface area contributed by atoms with Crippen molar-refractivity contribution in [2.24, 2.45) is 23.2 Å². The van der Waals surface area contributed by atoms with Crippen LogP contribution in [0.5, 0.6) is 11.5 Å². The normalized spacial score (nSPS) is 23.2. The van der Waals surface area contributed by atoms with Crippen LogP contribution in [-0.2, 0) is 18.2 Å². The molecule has 2 nitrogen and oxygen atoms in total. The van der Waals surface area contributed by atoms with Gasteiger partial charge >= 0.3 is 27.7 Å². The Morgan fingerprint density at radius 2 is 1.12 bits per heavy atom. The van der Waals surface area contributed by atoms with Crippen LogP contribution >= 0.6 is 17.5 Å². The molecule has 0 amide bonds. The number of halogens is 1. The Hall–Kier alpha value is -0.578. The molecule has 4 aliphatic rings. The van der Waals surface area contributed by atoms with E-state index in [-0.39, 0.29) is 19.6 Å². The number of ether oxygens (including phenoxy) is 2. The van der Waals surface area contributed by atoms with Gasteiger partial charge in [0.25, 0.3) is 0 Å². The molecule has 3 atom stereocenters. The number of hydrogen-bond acceptors (Lipinski definition) is 2. The molecule has 4 fully saturated rings. The maximum atomic E-state index is 6.38. The second-order valence-electron chi connectivity index (χ2n) is 16.9. The summed E-state index contributed by atoms with van der Waals surface area (Å²) >= 11 is 2.22. The van der Waals surface area contributed by atoms with Crippen molar-refractivity contribution < 1.29 is 27.7 Å². The van der Waals surface area contributed by atoms with Gasteiger partial charge in [0.1, 0.15) is 16.8 Å². The van der Waals surface area contributed by atoms with Crippen LogP contribution < -0.4 is 14.8 Å². The predicted octanol–water partition coefficient (Wildman–Crippen LogP) is 13.8. The van der Waals surface area contributed by atoms with Gasteiger partial charge in [-0.05, 0) is 140 Å². The Morgan fingerprint density at radius 3 is 1.63 bits per heavy atom. The van der Waals surface area contributed by atoms with Gasteiger partial charge in [0, 0.05) is 13.5 Å². The van der Waals surface area contributed by atoms with Crippen LogP contribution in [0, 0.1) is 30.6 Å². The molecule has 0 N–H and O–H groups in total. The van der Waals surface area contributed by atoms with Crippen molar-refractivity contribution in [2.45, 2.75) is 175 Å². The van der Waals surface area contributed by atoms with E-state index in [2.05, 4.69) is 119 Å². The molecular formula is C44H71ClO2PPd+. The van der Waals surface area contributed by atoms with Crippen molar-refractivity contribution in [1.29, 1.82) is 0 Å². The van der Waals surface area contributed by atoms with Gasteiger partial charge in [0.15, 0.2) is 0 Å². The van der Waals surface area contributed by atoms with Crippen LogP contribution in [0.2, 0.25) is 0 Å². The number of fused-ring (bicyclic) bond motifs is 1. The van der Waals surface area contributed by atoms with Crippen LogP contribution in [0.1, 0.15) is 151 Å². The number of hydrogen-bond donors (Lipinski definition) is 0. The van der Waals surface area contributed by atoms with Crippen molar-refractivity contribution >= 4 is 22.8 Å². The van der Waals surface area contributed by atoms with Crippen LogP contribution in [0.15, 0.2) is 42.5 Å². The molecule has 3 unspecified atom stereocenters. The second-order valence-corrected chi connectivity index (χ2v) is 20.0. The van der Waals surface area contributed by atoms with Gasteiger partial charge < -0.3 is 16.9 Å². The van der Waals surface area contributed by atoms with Gasteiger partial charge in [0.05, 0.1) is 29.1 Å². The Bertz CT molecular complexity index is 1170. The van der Waals surface area contributed by atoms with E-state index >= 15 is 0 Å². The summed E-state index contributed by atoms with van der Waals surface area (Å²) in [6, 6.07) is 15.7. The number of benzene rings is 2. The maximum absolute atomic E-state index is 6.38. The summed E-state index contributed by atoms with van der Waals surface area (Å²) in [4.78, 5) is 0. The Labute approximate surface area is 319 Å². The summed E-state index contributed by atoms with van der Waals surface area (Å²) in [5.74, 6) is 5.15. The van der Waals surface area contributed by atoms with E-state index < -0.39 is 7.92 Å². The number of rotatable bonds is 8. The molecule has 2 aromatic carbocycles. The molecule has 280 valence electrons. The summed E-state index contributed by atoms with van der Waals surface area (Å²) < 4.78 is 12.8. The Balaban J connectivity index is 0.000000339. The zero-order chi connectivity index (χ0) is 34.7. The average Bonchev–Trinajstić information content (AvgIpc) is 3.53. The van der Waals surface area contributed by atoms with Crippen molar-refractivity contribution in [3.63, 3.8) is 0 Å². The average molecular weight is 805 g/mol. The third kappa shape index (κ3) is 12.0. The minimum atomic E-state index is -0.700. The van der Waals surface area contributed by atoms with Gasteiger partial charge in [-0.1, -0.05) is 77.1 Å². The van der Waals surface area contributed by atoms with Gasteiger partial charge in [-0.2, -0.15) is 0 Å². The molecule has 0 radical (unpaired) electrons. The fourth-order valence-corrected chi connectivity index (χ4v) is 14.3. The van der Waals surface area contributed by atoms with E-state index in [0.29, 0.717) is 5.41 Å². The molecule has 0 saturated heterocycles. The molecule has 0 bridgehead atoms. The Morgan fingerprint density at radius 1 is 0.633 bits per heavy atom. The van der Waals surface area contributed by atoms with E-state index in [1.807, 2.05) is 0 Å². The molecule has 4 aliphatic carbocycles. The molecule has 0 heterocycles. The van der Waals surface area contributed by atoms with E-state index in [0.717, 1.165) is 40.6 Å². The van der Waals surface area contributed by atoms with Crippen molar-refractivity contribution in [1.82, 2.24) is 0 Å². The molecule has 49 heavy (non-hydrogen) atoms. The first-order valence-corrected chi connectivity index (χ1v) is 23.3. The summed E-state index contributed by atoms with van der Waals surface area (Å²) in [5, 5.41) is 1.63. The minimum absolute atomic E-state index is 0. The van der Waals surface area contributed by atoms with Crippen molar-refractivity contribution in [3.8, 4) is 22.6 Å². The van der Waals surface area contributed by atoms with Gasteiger partial charge in [-0.15, -0.1) is 0 Å². The Kier molecular flexibility index (Phi) is 18.5.